The predicted octanol–water partition coefficient (Wildman–Crippen LogP) is 3.05. The molecule has 0 N–H and O–H groups in total. The van der Waals surface area contributed by atoms with Gasteiger partial charge in [0.15, 0.2) is 11.4 Å². The molecule has 8 nitrogen and oxygen atoms in total. The van der Waals surface area contributed by atoms with E-state index in [1.807, 2.05) is 24.9 Å². The van der Waals surface area contributed by atoms with Crippen LogP contribution in [0.25, 0.3) is 11.2 Å². The largest absolute Gasteiger partial charge is 0.497 e. The van der Waals surface area contributed by atoms with E-state index in [1.165, 1.54) is 0 Å². The molecule has 0 bridgehead atoms. The second-order valence-corrected chi connectivity index (χ2v) is 8.02. The second kappa shape index (κ2) is 8.83. The average Bonchev–Trinajstić information content (AvgIpc) is 3.14. The number of hydrogen-bond acceptors (Lipinski definition) is 6. The topological polar surface area (TPSA) is 90.2 Å². The van der Waals surface area contributed by atoms with Gasteiger partial charge in [0.05, 0.1) is 12.8 Å². The molecule has 4 rings (SSSR count). The molecule has 3 aromatic rings. The number of fused-ring (bicyclic) bond motifs is 1. The number of carbonyl (C=O) groups excluding carboxylic acids is 2. The summed E-state index contributed by atoms with van der Waals surface area (Å²) in [5.74, 6) is 0.831. The van der Waals surface area contributed by atoms with E-state index in [9.17, 15) is 9.59 Å². The van der Waals surface area contributed by atoms with Crippen LogP contribution in [0.3, 0.4) is 0 Å². The van der Waals surface area contributed by atoms with E-state index in [1.54, 1.807) is 36.3 Å². The van der Waals surface area contributed by atoms with Gasteiger partial charge in [-0.05, 0) is 43.5 Å². The Balaban J connectivity index is 1.40. The average molecular weight is 422 g/mol. The van der Waals surface area contributed by atoms with Crippen molar-refractivity contribution in [2.45, 2.75) is 38.5 Å². The molecule has 0 radical (unpaired) electrons. The molecule has 1 aliphatic heterocycles. The Labute approximate surface area is 181 Å². The number of ether oxygens (including phenoxy) is 1. The summed E-state index contributed by atoms with van der Waals surface area (Å²) < 4.78 is 6.94. The van der Waals surface area contributed by atoms with E-state index in [2.05, 4.69) is 15.1 Å². The lowest BCUT2D eigenvalue weighted by Crippen LogP contribution is -2.39. The summed E-state index contributed by atoms with van der Waals surface area (Å²) >= 11 is 0. The number of nitrogens with zero attached hydrogens (tertiary/aromatic N) is 5. The zero-order chi connectivity index (χ0) is 22.0. The number of amides is 1. The summed E-state index contributed by atoms with van der Waals surface area (Å²) in [6.07, 6.45) is 5.60. The molecule has 31 heavy (non-hydrogen) atoms. The molecule has 0 saturated carbocycles. The van der Waals surface area contributed by atoms with Crippen molar-refractivity contribution in [2.24, 2.45) is 7.05 Å². The maximum atomic E-state index is 12.9. The van der Waals surface area contributed by atoms with Gasteiger partial charge >= 0.3 is 0 Å². The fourth-order valence-corrected chi connectivity index (χ4v) is 4.30. The first kappa shape index (κ1) is 21.0. The number of hydrogen-bond donors (Lipinski definition) is 0. The smallest absolute Gasteiger partial charge is 0.223 e. The van der Waals surface area contributed by atoms with Crippen molar-refractivity contribution in [2.75, 3.05) is 20.2 Å². The van der Waals surface area contributed by atoms with Gasteiger partial charge in [-0.25, -0.2) is 14.6 Å². The molecule has 1 unspecified atom stereocenters. The second-order valence-electron chi connectivity index (χ2n) is 8.02. The lowest BCUT2D eigenvalue weighted by atomic mass is 9.93. The number of carbonyl (C=O) groups is 2. The lowest BCUT2D eigenvalue weighted by Gasteiger charge is -2.32. The fraction of sp³-hybridized carbons (Fsp3) is 0.435. The van der Waals surface area contributed by atoms with Crippen LogP contribution < -0.4 is 4.74 Å². The zero-order valence-corrected chi connectivity index (χ0v) is 18.2. The standard InChI is InChI=1S/C23H27N5O3/c1-15-13-17(31-3)6-7-18(15)19(29)8-9-20(30)28-12-4-5-16(14-28)21-22-23(27(2)26-21)25-11-10-24-22/h6-7,10-11,13,16H,4-5,8-9,12,14H2,1-3H3. The van der Waals surface area contributed by atoms with Crippen LogP contribution in [0.2, 0.25) is 0 Å². The Morgan fingerprint density at radius 1 is 1.19 bits per heavy atom. The summed E-state index contributed by atoms with van der Waals surface area (Å²) in [5.41, 5.74) is 3.95. The monoisotopic (exact) mass is 421 g/mol. The van der Waals surface area contributed by atoms with Crippen LogP contribution in [0.1, 0.15) is 53.2 Å². The van der Waals surface area contributed by atoms with Crippen molar-refractivity contribution in [1.82, 2.24) is 24.6 Å². The Bertz CT molecular complexity index is 1120. The van der Waals surface area contributed by atoms with Gasteiger partial charge in [0.1, 0.15) is 11.3 Å². The molecule has 1 amide bonds. The van der Waals surface area contributed by atoms with Crippen molar-refractivity contribution in [3.05, 3.63) is 47.4 Å². The first-order valence-corrected chi connectivity index (χ1v) is 10.6. The number of rotatable bonds is 6. The molecular weight excluding hydrogens is 394 g/mol. The zero-order valence-electron chi connectivity index (χ0n) is 18.2. The predicted molar refractivity (Wildman–Crippen MR) is 116 cm³/mol. The van der Waals surface area contributed by atoms with Crippen molar-refractivity contribution in [3.8, 4) is 5.75 Å². The third kappa shape index (κ3) is 4.28. The van der Waals surface area contributed by atoms with Crippen LogP contribution >= 0.6 is 0 Å². The summed E-state index contributed by atoms with van der Waals surface area (Å²) in [6, 6.07) is 5.38. The van der Waals surface area contributed by atoms with Gasteiger partial charge in [0, 0.05) is 56.9 Å². The van der Waals surface area contributed by atoms with Gasteiger partial charge in [-0.1, -0.05) is 0 Å². The van der Waals surface area contributed by atoms with Crippen molar-refractivity contribution in [3.63, 3.8) is 0 Å². The van der Waals surface area contributed by atoms with E-state index in [4.69, 9.17) is 4.74 Å². The van der Waals surface area contributed by atoms with Crippen LogP contribution in [0, 0.1) is 6.92 Å². The Morgan fingerprint density at radius 3 is 2.77 bits per heavy atom. The van der Waals surface area contributed by atoms with Crippen LogP contribution in [0.5, 0.6) is 5.75 Å². The molecule has 1 fully saturated rings. The number of piperidine rings is 1. The van der Waals surface area contributed by atoms with Crippen molar-refractivity contribution >= 4 is 22.9 Å². The normalized spacial score (nSPS) is 16.5. The summed E-state index contributed by atoms with van der Waals surface area (Å²) in [5, 5.41) is 4.63. The third-order valence-corrected chi connectivity index (χ3v) is 5.95. The first-order valence-electron chi connectivity index (χ1n) is 10.6. The van der Waals surface area contributed by atoms with E-state index in [-0.39, 0.29) is 30.4 Å². The number of likely N-dealkylation sites (tertiary alicyclic amines) is 1. The third-order valence-electron chi connectivity index (χ3n) is 5.95. The number of ketones is 1. The summed E-state index contributed by atoms with van der Waals surface area (Å²) in [4.78, 5) is 36.2. The van der Waals surface area contributed by atoms with Crippen LogP contribution in [-0.4, -0.2) is 56.5 Å². The van der Waals surface area contributed by atoms with Gasteiger partial charge in [0.25, 0.3) is 0 Å². The molecule has 1 aromatic carbocycles. The highest BCUT2D eigenvalue weighted by Crippen LogP contribution is 2.30. The van der Waals surface area contributed by atoms with Crippen LogP contribution in [-0.2, 0) is 11.8 Å². The molecule has 0 aliphatic carbocycles. The molecule has 1 atom stereocenters. The highest BCUT2D eigenvalue weighted by atomic mass is 16.5. The molecule has 162 valence electrons. The quantitative estimate of drug-likeness (QED) is 0.568. The molecule has 8 heteroatoms. The van der Waals surface area contributed by atoms with Gasteiger partial charge in [-0.3, -0.25) is 9.59 Å². The molecule has 2 aromatic heterocycles. The Hall–Kier alpha value is -3.29. The number of Topliss-reactive ketones (excluding diaryl/α,β-unsaturated/α-hetero) is 1. The van der Waals surface area contributed by atoms with E-state index < -0.39 is 0 Å². The lowest BCUT2D eigenvalue weighted by molar-refractivity contribution is -0.132. The Kier molecular flexibility index (Phi) is 5.97. The van der Waals surface area contributed by atoms with Crippen LogP contribution in [0.4, 0.5) is 0 Å². The number of aromatic nitrogens is 4. The minimum atomic E-state index is -0.0203. The summed E-state index contributed by atoms with van der Waals surface area (Å²) in [6.45, 7) is 3.19. The molecule has 1 aliphatic rings. The Morgan fingerprint density at radius 2 is 2.00 bits per heavy atom. The molecular formula is C23H27N5O3. The minimum Gasteiger partial charge on any atom is -0.497 e. The number of benzene rings is 1. The van der Waals surface area contributed by atoms with Crippen LogP contribution in [0.15, 0.2) is 30.6 Å². The van der Waals surface area contributed by atoms with E-state index in [0.717, 1.165) is 41.0 Å². The van der Waals surface area contributed by atoms with Crippen molar-refractivity contribution in [1.29, 1.82) is 0 Å². The maximum absolute atomic E-state index is 12.9. The highest BCUT2D eigenvalue weighted by Gasteiger charge is 2.29. The minimum absolute atomic E-state index is 0.00976. The molecule has 1 saturated heterocycles. The highest BCUT2D eigenvalue weighted by molar-refractivity contribution is 5.99. The van der Waals surface area contributed by atoms with E-state index in [0.29, 0.717) is 18.7 Å². The SMILES string of the molecule is COc1ccc(C(=O)CCC(=O)N2CCCC(c3nn(C)c4nccnc34)C2)c(C)c1. The van der Waals surface area contributed by atoms with Gasteiger partial charge in [0.2, 0.25) is 5.91 Å². The van der Waals surface area contributed by atoms with Crippen molar-refractivity contribution < 1.29 is 14.3 Å². The number of methoxy groups -OCH3 is 1. The molecule has 0 spiro atoms. The first-order chi connectivity index (χ1) is 15.0. The van der Waals surface area contributed by atoms with E-state index >= 15 is 0 Å². The van der Waals surface area contributed by atoms with Gasteiger partial charge in [-0.15, -0.1) is 0 Å². The fourth-order valence-electron chi connectivity index (χ4n) is 4.30. The van der Waals surface area contributed by atoms with Gasteiger partial charge in [-0.2, -0.15) is 5.10 Å². The molecule has 3 heterocycles. The summed E-state index contributed by atoms with van der Waals surface area (Å²) in [7, 11) is 3.46. The van der Waals surface area contributed by atoms with Gasteiger partial charge < -0.3 is 9.64 Å². The maximum Gasteiger partial charge on any atom is 0.223 e. The number of aryl methyl sites for hydroxylation is 2.